The smallest absolute Gasteiger partial charge is 0.251 e. The highest BCUT2D eigenvalue weighted by Crippen LogP contribution is 2.52. The van der Waals surface area contributed by atoms with Gasteiger partial charge in [0.1, 0.15) is 0 Å². The van der Waals surface area contributed by atoms with Gasteiger partial charge in [0.2, 0.25) is 11.8 Å². The first-order valence-corrected chi connectivity index (χ1v) is 13.8. The van der Waals surface area contributed by atoms with E-state index in [0.29, 0.717) is 12.1 Å². The molecule has 2 fully saturated rings. The van der Waals surface area contributed by atoms with Gasteiger partial charge >= 0.3 is 0 Å². The average molecular weight is 522 g/mol. The maximum atomic E-state index is 14.7. The molecule has 2 N–H and O–H groups in total. The van der Waals surface area contributed by atoms with Crippen molar-refractivity contribution >= 4 is 28.8 Å². The lowest BCUT2D eigenvalue weighted by atomic mass is 9.79. The number of nitrogens with zero attached hydrogens (tertiary/aromatic N) is 1. The van der Waals surface area contributed by atoms with Crippen molar-refractivity contribution < 1.29 is 18.4 Å². The largest absolute Gasteiger partial charge is 0.378 e. The number of hydrogen-bond acceptors (Lipinski definition) is 4. The van der Waals surface area contributed by atoms with Gasteiger partial charge in [0.25, 0.3) is 5.91 Å². The van der Waals surface area contributed by atoms with Crippen LogP contribution in [-0.2, 0) is 4.79 Å². The molecule has 192 valence electrons. The standard InChI is InChI=1S/C29H29F2N3O2S/c30-29(31)13-10-24(33-27(35)18-6-2-1-3-7-18)22(16-29)28(36)34-14-11-21-25(19-12-15-37-17-19)32-23-9-5-4-8-20(23)26(21)34/h1-9,12,15,17,21-22,24-26,32H,10-11,13-14,16H2,(H,33,35)/t21-,22+,24-,25+,26+/m1/s1. The minimum Gasteiger partial charge on any atom is -0.378 e. The second kappa shape index (κ2) is 9.56. The van der Waals surface area contributed by atoms with Crippen molar-refractivity contribution in [3.63, 3.8) is 0 Å². The lowest BCUT2D eigenvalue weighted by Gasteiger charge is -2.42. The quantitative estimate of drug-likeness (QED) is 0.440. The van der Waals surface area contributed by atoms with Crippen LogP contribution < -0.4 is 10.6 Å². The zero-order chi connectivity index (χ0) is 25.6. The molecule has 8 heteroatoms. The third-order valence-corrected chi connectivity index (χ3v) is 8.85. The number of likely N-dealkylation sites (tertiary alicyclic amines) is 1. The molecule has 3 aliphatic rings. The van der Waals surface area contributed by atoms with Gasteiger partial charge in [-0.15, -0.1) is 0 Å². The van der Waals surface area contributed by atoms with Crippen molar-refractivity contribution in [1.29, 1.82) is 0 Å². The number of fused-ring (bicyclic) bond motifs is 3. The molecule has 3 aromatic rings. The fraction of sp³-hybridized carbons (Fsp3) is 0.379. The molecule has 2 amide bonds. The molecule has 2 aliphatic heterocycles. The van der Waals surface area contributed by atoms with Crippen LogP contribution in [0.5, 0.6) is 0 Å². The van der Waals surface area contributed by atoms with E-state index in [1.807, 2.05) is 35.2 Å². The minimum absolute atomic E-state index is 0.0466. The van der Waals surface area contributed by atoms with E-state index in [1.165, 1.54) is 5.56 Å². The molecule has 2 aromatic carbocycles. The predicted molar refractivity (Wildman–Crippen MR) is 140 cm³/mol. The summed E-state index contributed by atoms with van der Waals surface area (Å²) in [6.07, 6.45) is -0.0368. The highest BCUT2D eigenvalue weighted by molar-refractivity contribution is 7.08. The van der Waals surface area contributed by atoms with Crippen LogP contribution >= 0.6 is 11.3 Å². The van der Waals surface area contributed by atoms with Crippen LogP contribution in [-0.4, -0.2) is 35.2 Å². The lowest BCUT2D eigenvalue weighted by molar-refractivity contribution is -0.146. The number of amides is 2. The summed E-state index contributed by atoms with van der Waals surface area (Å²) in [5.41, 5.74) is 3.64. The van der Waals surface area contributed by atoms with Gasteiger partial charge < -0.3 is 15.5 Å². The Kier molecular flexibility index (Phi) is 6.23. The van der Waals surface area contributed by atoms with E-state index >= 15 is 0 Å². The number of anilines is 1. The summed E-state index contributed by atoms with van der Waals surface area (Å²) >= 11 is 1.64. The molecule has 1 saturated heterocycles. The van der Waals surface area contributed by atoms with E-state index in [0.717, 1.165) is 17.7 Å². The first-order valence-electron chi connectivity index (χ1n) is 12.8. The van der Waals surface area contributed by atoms with Crippen LogP contribution in [0.1, 0.15) is 59.3 Å². The molecule has 5 nitrogen and oxygen atoms in total. The monoisotopic (exact) mass is 521 g/mol. The number of para-hydroxylation sites is 1. The molecule has 1 aliphatic carbocycles. The molecule has 37 heavy (non-hydrogen) atoms. The van der Waals surface area contributed by atoms with Gasteiger partial charge in [0.15, 0.2) is 0 Å². The van der Waals surface area contributed by atoms with Gasteiger partial charge in [0.05, 0.1) is 18.0 Å². The zero-order valence-corrected chi connectivity index (χ0v) is 21.1. The van der Waals surface area contributed by atoms with E-state index in [1.54, 1.807) is 35.6 Å². The lowest BCUT2D eigenvalue weighted by Crippen LogP contribution is -2.53. The first kappa shape index (κ1) is 24.1. The molecule has 0 spiro atoms. The van der Waals surface area contributed by atoms with Crippen LogP contribution in [0.3, 0.4) is 0 Å². The Balaban J connectivity index is 1.30. The summed E-state index contributed by atoms with van der Waals surface area (Å²) < 4.78 is 29.3. The Hall–Kier alpha value is -3.26. The van der Waals surface area contributed by atoms with Gasteiger partial charge in [-0.3, -0.25) is 9.59 Å². The molecule has 1 saturated carbocycles. The van der Waals surface area contributed by atoms with Crippen LogP contribution in [0.4, 0.5) is 14.5 Å². The normalized spacial score (nSPS) is 28.1. The third-order valence-electron chi connectivity index (χ3n) is 8.14. The zero-order valence-electron chi connectivity index (χ0n) is 20.3. The van der Waals surface area contributed by atoms with E-state index in [4.69, 9.17) is 0 Å². The topological polar surface area (TPSA) is 61.4 Å². The Morgan fingerprint density at radius 1 is 1.03 bits per heavy atom. The second-order valence-electron chi connectivity index (χ2n) is 10.3. The molecule has 0 radical (unpaired) electrons. The summed E-state index contributed by atoms with van der Waals surface area (Å²) in [4.78, 5) is 28.8. The molecule has 1 aromatic heterocycles. The van der Waals surface area contributed by atoms with Crippen molar-refractivity contribution in [2.45, 2.75) is 49.7 Å². The fourth-order valence-electron chi connectivity index (χ4n) is 6.37. The number of halogens is 2. The number of carbonyl (C=O) groups is 2. The molecular weight excluding hydrogens is 492 g/mol. The van der Waals surface area contributed by atoms with Crippen LogP contribution in [0.25, 0.3) is 0 Å². The van der Waals surface area contributed by atoms with Crippen LogP contribution in [0.2, 0.25) is 0 Å². The van der Waals surface area contributed by atoms with Crippen LogP contribution in [0, 0.1) is 11.8 Å². The summed E-state index contributed by atoms with van der Waals surface area (Å²) in [5, 5.41) is 10.8. The number of hydrogen-bond donors (Lipinski definition) is 2. The number of thiophene rings is 1. The van der Waals surface area contributed by atoms with Gasteiger partial charge in [-0.25, -0.2) is 8.78 Å². The Morgan fingerprint density at radius 3 is 2.59 bits per heavy atom. The Labute approximate surface area is 218 Å². The van der Waals surface area contributed by atoms with E-state index in [9.17, 15) is 18.4 Å². The molecule has 6 rings (SSSR count). The number of alkyl halides is 2. The van der Waals surface area contributed by atoms with E-state index < -0.39 is 24.3 Å². The van der Waals surface area contributed by atoms with Crippen molar-refractivity contribution in [3.8, 4) is 0 Å². The van der Waals surface area contributed by atoms with E-state index in [-0.39, 0.29) is 42.7 Å². The molecular formula is C29H29F2N3O2S. The number of nitrogens with one attached hydrogen (secondary N) is 2. The number of carbonyl (C=O) groups excluding carboxylic acids is 2. The van der Waals surface area contributed by atoms with Gasteiger partial charge in [-0.1, -0.05) is 36.4 Å². The summed E-state index contributed by atoms with van der Waals surface area (Å²) in [6, 6.07) is 18.0. The number of benzene rings is 2. The van der Waals surface area contributed by atoms with Crippen molar-refractivity contribution in [3.05, 3.63) is 88.1 Å². The van der Waals surface area contributed by atoms with Crippen molar-refractivity contribution in [2.24, 2.45) is 11.8 Å². The highest BCUT2D eigenvalue weighted by atomic mass is 32.1. The second-order valence-corrected chi connectivity index (χ2v) is 11.1. The minimum atomic E-state index is -2.93. The SMILES string of the molecule is O=C(N[C@@H]1CCC(F)(F)C[C@@H]1C(=O)N1CC[C@@H]2[C@H](c3ccsc3)Nc3ccccc3[C@@H]21)c1ccccc1. The summed E-state index contributed by atoms with van der Waals surface area (Å²) in [6.45, 7) is 0.506. The maximum absolute atomic E-state index is 14.7. The van der Waals surface area contributed by atoms with Crippen LogP contribution in [0.15, 0.2) is 71.4 Å². The van der Waals surface area contributed by atoms with Gasteiger partial charge in [0, 0.05) is 42.6 Å². The molecule has 0 unspecified atom stereocenters. The molecule has 3 heterocycles. The fourth-order valence-corrected chi connectivity index (χ4v) is 7.07. The highest BCUT2D eigenvalue weighted by Gasteiger charge is 2.51. The van der Waals surface area contributed by atoms with Gasteiger partial charge in [-0.2, -0.15) is 11.3 Å². The average Bonchev–Trinajstić information content (AvgIpc) is 3.60. The summed E-state index contributed by atoms with van der Waals surface area (Å²) in [5.74, 6) is -4.39. The van der Waals surface area contributed by atoms with Gasteiger partial charge in [-0.05, 0) is 59.0 Å². The Bertz CT molecular complexity index is 1280. The molecule has 0 bridgehead atoms. The first-order chi connectivity index (χ1) is 17.9. The van der Waals surface area contributed by atoms with Crippen molar-refractivity contribution in [1.82, 2.24) is 10.2 Å². The predicted octanol–water partition coefficient (Wildman–Crippen LogP) is 6.04. The van der Waals surface area contributed by atoms with E-state index in [2.05, 4.69) is 27.5 Å². The molecule has 5 atom stereocenters. The van der Waals surface area contributed by atoms with Crippen molar-refractivity contribution in [2.75, 3.05) is 11.9 Å². The summed E-state index contributed by atoms with van der Waals surface area (Å²) in [7, 11) is 0. The maximum Gasteiger partial charge on any atom is 0.251 e. The number of rotatable bonds is 4. The third kappa shape index (κ3) is 4.52. The Morgan fingerprint density at radius 2 is 1.81 bits per heavy atom.